The highest BCUT2D eigenvalue weighted by Crippen LogP contribution is 2.34. The van der Waals surface area contributed by atoms with Crippen LogP contribution in [0.4, 0.5) is 11.4 Å². The van der Waals surface area contributed by atoms with Crippen LogP contribution in [0, 0.1) is 0 Å². The van der Waals surface area contributed by atoms with Gasteiger partial charge >= 0.3 is 0 Å². The Labute approximate surface area is 172 Å². The lowest BCUT2D eigenvalue weighted by atomic mass is 10.1. The van der Waals surface area contributed by atoms with Gasteiger partial charge in [0.2, 0.25) is 0 Å². The number of fused-ring (bicyclic) bond motifs is 2. The van der Waals surface area contributed by atoms with E-state index >= 15 is 0 Å². The maximum Gasteiger partial charge on any atom is 0.257 e. The zero-order valence-corrected chi connectivity index (χ0v) is 16.0. The van der Waals surface area contributed by atoms with E-state index < -0.39 is 0 Å². The van der Waals surface area contributed by atoms with Crippen molar-refractivity contribution in [2.75, 3.05) is 5.32 Å². The van der Waals surface area contributed by atoms with Crippen molar-refractivity contribution in [2.24, 2.45) is 4.99 Å². The SMILES string of the molecule is O=C(Nc1cccc(-c2ncnc3ccccc23)c1)c1ccc2c(c1Cl)CC=N2. The second kappa shape index (κ2) is 7.11. The molecule has 5 nitrogen and oxygen atoms in total. The van der Waals surface area contributed by atoms with Gasteiger partial charge in [-0.1, -0.05) is 41.9 Å². The number of carbonyl (C=O) groups is 1. The Morgan fingerprint density at radius 3 is 2.83 bits per heavy atom. The van der Waals surface area contributed by atoms with E-state index in [2.05, 4.69) is 20.3 Å². The van der Waals surface area contributed by atoms with Crippen molar-refractivity contribution in [3.63, 3.8) is 0 Å². The first-order valence-corrected chi connectivity index (χ1v) is 9.54. The Morgan fingerprint density at radius 1 is 1.00 bits per heavy atom. The molecule has 140 valence electrons. The second-order valence-corrected chi connectivity index (χ2v) is 7.09. The lowest BCUT2D eigenvalue weighted by Crippen LogP contribution is -2.13. The molecule has 0 radical (unpaired) electrons. The van der Waals surface area contributed by atoms with Gasteiger partial charge in [-0.2, -0.15) is 0 Å². The Bertz CT molecular complexity index is 1290. The maximum absolute atomic E-state index is 12.8. The number of nitrogens with zero attached hydrogens (tertiary/aromatic N) is 3. The summed E-state index contributed by atoms with van der Waals surface area (Å²) < 4.78 is 0. The van der Waals surface area contributed by atoms with Crippen LogP contribution >= 0.6 is 11.6 Å². The molecule has 6 heteroatoms. The molecule has 0 aliphatic carbocycles. The average Bonchev–Trinajstić information content (AvgIpc) is 3.23. The fraction of sp³-hybridized carbons (Fsp3) is 0.0435. The quantitative estimate of drug-likeness (QED) is 0.498. The largest absolute Gasteiger partial charge is 0.322 e. The summed E-state index contributed by atoms with van der Waals surface area (Å²) in [6.07, 6.45) is 3.99. The number of carbonyl (C=O) groups excluding carboxylic acids is 1. The van der Waals surface area contributed by atoms with Gasteiger partial charge in [0, 0.05) is 34.8 Å². The van der Waals surface area contributed by atoms with Gasteiger partial charge < -0.3 is 5.32 Å². The van der Waals surface area contributed by atoms with Crippen LogP contribution in [0.1, 0.15) is 15.9 Å². The predicted molar refractivity (Wildman–Crippen MR) is 116 cm³/mol. The number of benzene rings is 3. The van der Waals surface area contributed by atoms with E-state index in [1.165, 1.54) is 0 Å². The molecule has 3 aromatic carbocycles. The van der Waals surface area contributed by atoms with Crippen LogP contribution in [0.15, 0.2) is 72.0 Å². The number of halogens is 1. The maximum atomic E-state index is 12.8. The van der Waals surface area contributed by atoms with Crippen LogP contribution in [0.2, 0.25) is 5.02 Å². The molecule has 0 unspecified atom stereocenters. The third-order valence-electron chi connectivity index (χ3n) is 4.93. The molecule has 0 saturated heterocycles. The van der Waals surface area contributed by atoms with E-state index in [0.29, 0.717) is 22.7 Å². The lowest BCUT2D eigenvalue weighted by molar-refractivity contribution is 0.102. The average molecular weight is 399 g/mol. The van der Waals surface area contributed by atoms with Gasteiger partial charge in [-0.3, -0.25) is 9.79 Å². The van der Waals surface area contributed by atoms with Crippen molar-refractivity contribution in [3.05, 3.63) is 83.1 Å². The van der Waals surface area contributed by atoms with Crippen molar-refractivity contribution in [1.29, 1.82) is 0 Å². The molecular formula is C23H15ClN4O. The molecule has 29 heavy (non-hydrogen) atoms. The predicted octanol–water partition coefficient (Wildman–Crippen LogP) is 5.46. The zero-order chi connectivity index (χ0) is 19.8. The number of aliphatic imine (C=N–C) groups is 1. The molecule has 4 aromatic rings. The molecular weight excluding hydrogens is 384 g/mol. The van der Waals surface area contributed by atoms with E-state index in [9.17, 15) is 4.79 Å². The minimum Gasteiger partial charge on any atom is -0.322 e. The third kappa shape index (κ3) is 3.15. The zero-order valence-electron chi connectivity index (χ0n) is 15.3. The van der Waals surface area contributed by atoms with Gasteiger partial charge in [0.25, 0.3) is 5.91 Å². The molecule has 1 aliphatic rings. The van der Waals surface area contributed by atoms with Gasteiger partial charge in [0.1, 0.15) is 6.33 Å². The molecule has 5 rings (SSSR count). The molecule has 0 fully saturated rings. The molecule has 1 aliphatic heterocycles. The number of rotatable bonds is 3. The first-order chi connectivity index (χ1) is 14.2. The van der Waals surface area contributed by atoms with Crippen molar-refractivity contribution < 1.29 is 4.79 Å². The summed E-state index contributed by atoms with van der Waals surface area (Å²) in [6, 6.07) is 19.0. The summed E-state index contributed by atoms with van der Waals surface area (Å²) >= 11 is 6.45. The number of para-hydroxylation sites is 1. The highest BCUT2D eigenvalue weighted by molar-refractivity contribution is 6.36. The summed E-state index contributed by atoms with van der Waals surface area (Å²) in [5, 5.41) is 4.35. The number of anilines is 1. The minimum absolute atomic E-state index is 0.255. The van der Waals surface area contributed by atoms with E-state index in [-0.39, 0.29) is 5.91 Å². The fourth-order valence-corrected chi connectivity index (χ4v) is 3.84. The van der Waals surface area contributed by atoms with Gasteiger partial charge in [0.05, 0.1) is 27.5 Å². The molecule has 1 amide bonds. The summed E-state index contributed by atoms with van der Waals surface area (Å²) in [7, 11) is 0. The van der Waals surface area contributed by atoms with Crippen LogP contribution in [0.3, 0.4) is 0 Å². The Balaban J connectivity index is 1.47. The Morgan fingerprint density at radius 2 is 1.90 bits per heavy atom. The Hall–Kier alpha value is -3.57. The fourth-order valence-electron chi connectivity index (χ4n) is 3.51. The number of hydrogen-bond donors (Lipinski definition) is 1. The van der Waals surface area contributed by atoms with Crippen molar-refractivity contribution in [2.45, 2.75) is 6.42 Å². The third-order valence-corrected chi connectivity index (χ3v) is 5.36. The first-order valence-electron chi connectivity index (χ1n) is 9.16. The van der Waals surface area contributed by atoms with Gasteiger partial charge in [-0.25, -0.2) is 9.97 Å². The van der Waals surface area contributed by atoms with Crippen LogP contribution in [0.25, 0.3) is 22.2 Å². The number of nitrogens with one attached hydrogen (secondary N) is 1. The van der Waals surface area contributed by atoms with Crippen molar-refractivity contribution >= 4 is 46.0 Å². The highest BCUT2D eigenvalue weighted by Gasteiger charge is 2.18. The summed E-state index contributed by atoms with van der Waals surface area (Å²) in [5.74, 6) is -0.255. The van der Waals surface area contributed by atoms with Crippen LogP contribution in [-0.4, -0.2) is 22.1 Å². The molecule has 2 heterocycles. The standard InChI is InChI=1S/C23H15ClN4O/c24-21-16-10-11-25-20(16)9-8-18(21)23(29)28-15-5-3-4-14(12-15)22-17-6-1-2-7-19(17)26-13-27-22/h1-9,11-13H,10H2,(H,28,29). The molecule has 1 N–H and O–H groups in total. The molecule has 1 aromatic heterocycles. The van der Waals surface area contributed by atoms with Crippen LogP contribution in [-0.2, 0) is 6.42 Å². The minimum atomic E-state index is -0.255. The lowest BCUT2D eigenvalue weighted by Gasteiger charge is -2.11. The highest BCUT2D eigenvalue weighted by atomic mass is 35.5. The van der Waals surface area contributed by atoms with E-state index in [0.717, 1.165) is 33.4 Å². The number of aromatic nitrogens is 2. The van der Waals surface area contributed by atoms with E-state index in [1.807, 2.05) is 54.6 Å². The molecule has 0 saturated carbocycles. The summed E-state index contributed by atoms with van der Waals surface area (Å²) in [6.45, 7) is 0. The smallest absolute Gasteiger partial charge is 0.257 e. The van der Waals surface area contributed by atoms with Crippen LogP contribution in [0.5, 0.6) is 0 Å². The van der Waals surface area contributed by atoms with Gasteiger partial charge in [-0.15, -0.1) is 0 Å². The summed E-state index contributed by atoms with van der Waals surface area (Å²) in [5.41, 5.74) is 5.41. The van der Waals surface area contributed by atoms with E-state index in [1.54, 1.807) is 18.6 Å². The van der Waals surface area contributed by atoms with Gasteiger partial charge in [-0.05, 0) is 30.3 Å². The molecule has 0 atom stereocenters. The van der Waals surface area contributed by atoms with Crippen LogP contribution < -0.4 is 5.32 Å². The topological polar surface area (TPSA) is 67.2 Å². The molecule has 0 bridgehead atoms. The Kier molecular flexibility index (Phi) is 4.30. The first kappa shape index (κ1) is 17.5. The van der Waals surface area contributed by atoms with Gasteiger partial charge in [0.15, 0.2) is 0 Å². The number of amides is 1. The summed E-state index contributed by atoms with van der Waals surface area (Å²) in [4.78, 5) is 25.9. The number of hydrogen-bond acceptors (Lipinski definition) is 4. The van der Waals surface area contributed by atoms with Crippen molar-refractivity contribution in [3.8, 4) is 11.3 Å². The van der Waals surface area contributed by atoms with E-state index in [4.69, 9.17) is 11.6 Å². The normalized spacial score (nSPS) is 12.2. The second-order valence-electron chi connectivity index (χ2n) is 6.71. The van der Waals surface area contributed by atoms with Crippen molar-refractivity contribution in [1.82, 2.24) is 9.97 Å². The molecule has 0 spiro atoms. The monoisotopic (exact) mass is 398 g/mol.